The number of aryl methyl sites for hydroxylation is 1. The van der Waals surface area contributed by atoms with Crippen LogP contribution in [0, 0.1) is 6.92 Å². The van der Waals surface area contributed by atoms with Crippen LogP contribution in [0.25, 0.3) is 5.76 Å². The summed E-state index contributed by atoms with van der Waals surface area (Å²) in [4.78, 5) is 34.1. The van der Waals surface area contributed by atoms with E-state index in [9.17, 15) is 14.7 Å². The Bertz CT molecular complexity index is 1030. The first-order valence-electron chi connectivity index (χ1n) is 10.6. The molecule has 0 unspecified atom stereocenters. The predicted molar refractivity (Wildman–Crippen MR) is 118 cm³/mol. The number of amides is 1. The number of pyridine rings is 1. The quantitative estimate of drug-likeness (QED) is 0.421. The number of ketones is 1. The van der Waals surface area contributed by atoms with Gasteiger partial charge in [0.1, 0.15) is 11.5 Å². The van der Waals surface area contributed by atoms with E-state index in [-0.39, 0.29) is 11.3 Å². The molecule has 0 aliphatic carbocycles. The summed E-state index contributed by atoms with van der Waals surface area (Å²) < 4.78 is 10.6. The fourth-order valence-electron chi connectivity index (χ4n) is 4.24. The predicted octanol–water partition coefficient (Wildman–Crippen LogP) is 2.15. The summed E-state index contributed by atoms with van der Waals surface area (Å²) in [6.45, 7) is 5.69. The first kappa shape index (κ1) is 22.0. The van der Waals surface area contributed by atoms with Gasteiger partial charge in [-0.1, -0.05) is 6.07 Å². The van der Waals surface area contributed by atoms with Gasteiger partial charge in [0.15, 0.2) is 0 Å². The number of methoxy groups -OCH3 is 1. The summed E-state index contributed by atoms with van der Waals surface area (Å²) in [6, 6.07) is 8.07. The Balaban J connectivity index is 1.73. The van der Waals surface area contributed by atoms with E-state index in [4.69, 9.17) is 9.47 Å². The Morgan fingerprint density at radius 1 is 1.22 bits per heavy atom. The summed E-state index contributed by atoms with van der Waals surface area (Å²) in [5, 5.41) is 11.2. The van der Waals surface area contributed by atoms with Crippen LogP contribution in [-0.4, -0.2) is 78.1 Å². The zero-order valence-corrected chi connectivity index (χ0v) is 18.3. The summed E-state index contributed by atoms with van der Waals surface area (Å²) >= 11 is 0. The van der Waals surface area contributed by atoms with E-state index in [1.54, 1.807) is 48.7 Å². The average molecular weight is 437 g/mol. The van der Waals surface area contributed by atoms with Crippen LogP contribution in [0.5, 0.6) is 5.75 Å². The number of benzene rings is 1. The smallest absolute Gasteiger partial charge is 0.295 e. The molecule has 3 heterocycles. The lowest BCUT2D eigenvalue weighted by molar-refractivity contribution is -0.140. The molecule has 1 N–H and O–H groups in total. The SMILES string of the molecule is COc1ccc(C(O)=C2C(=O)C(=O)N(CCN3CCOCC3)[C@H]2c2cccnc2)c(C)c1. The standard InChI is InChI=1S/C24H27N3O5/c1-16-14-18(31-2)5-6-19(16)22(28)20-21(17-4-3-7-25-15-17)27(24(30)23(20)29)9-8-26-10-12-32-13-11-26/h3-7,14-15,21,28H,8-13H2,1-2H3/t21-/m0/s1. The van der Waals surface area contributed by atoms with Crippen molar-refractivity contribution in [3.63, 3.8) is 0 Å². The fraction of sp³-hybridized carbons (Fsp3) is 0.375. The Morgan fingerprint density at radius 3 is 2.66 bits per heavy atom. The Hall–Kier alpha value is -3.23. The summed E-state index contributed by atoms with van der Waals surface area (Å²) in [5.41, 5.74) is 2.00. The van der Waals surface area contributed by atoms with Gasteiger partial charge >= 0.3 is 0 Å². The molecule has 0 spiro atoms. The molecular weight excluding hydrogens is 410 g/mol. The highest BCUT2D eigenvalue weighted by Gasteiger charge is 2.46. The van der Waals surface area contributed by atoms with Crippen LogP contribution in [0.15, 0.2) is 48.3 Å². The molecule has 2 saturated heterocycles. The van der Waals surface area contributed by atoms with Gasteiger partial charge in [0.05, 0.1) is 31.9 Å². The van der Waals surface area contributed by atoms with Gasteiger partial charge in [0.2, 0.25) is 0 Å². The van der Waals surface area contributed by atoms with Crippen molar-refractivity contribution in [3.05, 3.63) is 65.0 Å². The fourth-order valence-corrected chi connectivity index (χ4v) is 4.24. The third-order valence-electron chi connectivity index (χ3n) is 5.99. The first-order valence-corrected chi connectivity index (χ1v) is 10.6. The molecule has 0 saturated carbocycles. The summed E-state index contributed by atoms with van der Waals surface area (Å²) in [5.74, 6) is -0.839. The van der Waals surface area contributed by atoms with Gasteiger partial charge in [0, 0.05) is 44.1 Å². The highest BCUT2D eigenvalue weighted by atomic mass is 16.5. The Kier molecular flexibility index (Phi) is 6.53. The largest absolute Gasteiger partial charge is 0.507 e. The minimum Gasteiger partial charge on any atom is -0.507 e. The molecule has 2 aromatic rings. The minimum atomic E-state index is -0.703. The van der Waals surface area contributed by atoms with E-state index < -0.39 is 17.7 Å². The molecule has 2 fully saturated rings. The van der Waals surface area contributed by atoms with Gasteiger partial charge < -0.3 is 19.5 Å². The number of likely N-dealkylation sites (tertiary alicyclic amines) is 1. The lowest BCUT2D eigenvalue weighted by Gasteiger charge is -2.30. The first-order chi connectivity index (χ1) is 15.5. The third kappa shape index (κ3) is 4.24. The maximum absolute atomic E-state index is 13.1. The van der Waals surface area contributed by atoms with Crippen LogP contribution in [-0.2, 0) is 14.3 Å². The van der Waals surface area contributed by atoms with E-state index in [1.807, 2.05) is 13.0 Å². The van der Waals surface area contributed by atoms with Crippen molar-refractivity contribution in [2.24, 2.45) is 0 Å². The van der Waals surface area contributed by atoms with E-state index >= 15 is 0 Å². The van der Waals surface area contributed by atoms with Crippen LogP contribution in [0.4, 0.5) is 0 Å². The van der Waals surface area contributed by atoms with Gasteiger partial charge in [0.25, 0.3) is 11.7 Å². The van der Waals surface area contributed by atoms with Crippen molar-refractivity contribution in [2.75, 3.05) is 46.5 Å². The highest BCUT2D eigenvalue weighted by molar-refractivity contribution is 6.46. The second kappa shape index (κ2) is 9.50. The molecule has 1 aromatic heterocycles. The van der Waals surface area contributed by atoms with Crippen molar-refractivity contribution < 1.29 is 24.2 Å². The molecular formula is C24H27N3O5. The number of aliphatic hydroxyl groups is 1. The molecule has 2 aliphatic rings. The number of nitrogens with zero attached hydrogens (tertiary/aromatic N) is 3. The molecule has 0 bridgehead atoms. The normalized spacial score (nSPS) is 21.2. The molecule has 8 heteroatoms. The monoisotopic (exact) mass is 437 g/mol. The molecule has 1 aromatic carbocycles. The van der Waals surface area contributed by atoms with Crippen molar-refractivity contribution in [1.82, 2.24) is 14.8 Å². The van der Waals surface area contributed by atoms with Crippen LogP contribution in [0.1, 0.15) is 22.7 Å². The molecule has 32 heavy (non-hydrogen) atoms. The molecule has 4 rings (SSSR count). The Morgan fingerprint density at radius 2 is 2.00 bits per heavy atom. The van der Waals surface area contributed by atoms with Gasteiger partial charge in [-0.3, -0.25) is 19.5 Å². The zero-order valence-electron chi connectivity index (χ0n) is 18.3. The summed E-state index contributed by atoms with van der Waals surface area (Å²) in [6.07, 6.45) is 3.27. The van der Waals surface area contributed by atoms with Crippen LogP contribution < -0.4 is 4.74 Å². The molecule has 168 valence electrons. The minimum absolute atomic E-state index is 0.0817. The number of hydrogen-bond donors (Lipinski definition) is 1. The number of hydrogen-bond acceptors (Lipinski definition) is 7. The van der Waals surface area contributed by atoms with Crippen LogP contribution in [0.3, 0.4) is 0 Å². The number of aromatic nitrogens is 1. The lowest BCUT2D eigenvalue weighted by Crippen LogP contribution is -2.42. The average Bonchev–Trinajstić information content (AvgIpc) is 3.08. The number of Topliss-reactive ketones (excluding diaryl/α,β-unsaturated/α-hetero) is 1. The number of carbonyl (C=O) groups excluding carboxylic acids is 2. The molecule has 0 radical (unpaired) electrons. The van der Waals surface area contributed by atoms with Crippen molar-refractivity contribution in [3.8, 4) is 5.75 Å². The number of carbonyl (C=O) groups is 2. The van der Waals surface area contributed by atoms with Crippen molar-refractivity contribution in [1.29, 1.82) is 0 Å². The number of aliphatic hydroxyl groups excluding tert-OH is 1. The van der Waals surface area contributed by atoms with E-state index in [2.05, 4.69) is 9.88 Å². The van der Waals surface area contributed by atoms with E-state index in [0.717, 1.165) is 18.7 Å². The number of ether oxygens (including phenoxy) is 2. The van der Waals surface area contributed by atoms with Gasteiger partial charge in [-0.05, 0) is 42.3 Å². The van der Waals surface area contributed by atoms with Crippen LogP contribution in [0.2, 0.25) is 0 Å². The third-order valence-corrected chi connectivity index (χ3v) is 5.99. The second-order valence-electron chi connectivity index (χ2n) is 7.91. The number of rotatable bonds is 6. The lowest BCUT2D eigenvalue weighted by atomic mass is 9.94. The molecule has 1 atom stereocenters. The number of morpholine rings is 1. The van der Waals surface area contributed by atoms with Gasteiger partial charge in [-0.2, -0.15) is 0 Å². The Labute approximate surface area is 187 Å². The topological polar surface area (TPSA) is 92.2 Å². The van der Waals surface area contributed by atoms with Crippen molar-refractivity contribution in [2.45, 2.75) is 13.0 Å². The summed E-state index contributed by atoms with van der Waals surface area (Å²) in [7, 11) is 1.57. The molecule has 8 nitrogen and oxygen atoms in total. The van der Waals surface area contributed by atoms with Gasteiger partial charge in [-0.25, -0.2) is 0 Å². The van der Waals surface area contributed by atoms with E-state index in [1.165, 1.54) is 0 Å². The van der Waals surface area contributed by atoms with Crippen LogP contribution >= 0.6 is 0 Å². The highest BCUT2D eigenvalue weighted by Crippen LogP contribution is 2.39. The maximum atomic E-state index is 13.1. The second-order valence-corrected chi connectivity index (χ2v) is 7.91. The van der Waals surface area contributed by atoms with E-state index in [0.29, 0.717) is 43.2 Å². The van der Waals surface area contributed by atoms with Gasteiger partial charge in [-0.15, -0.1) is 0 Å². The molecule has 2 aliphatic heterocycles. The zero-order chi connectivity index (χ0) is 22.7. The van der Waals surface area contributed by atoms with Crippen molar-refractivity contribution >= 4 is 17.4 Å². The maximum Gasteiger partial charge on any atom is 0.295 e. The molecule has 1 amide bonds.